The second-order valence-corrected chi connectivity index (χ2v) is 10.5. The molecule has 0 spiro atoms. The number of nitrogens with two attached hydrogens (primary N) is 1. The van der Waals surface area contributed by atoms with Crippen LogP contribution in [0.2, 0.25) is 0 Å². The van der Waals surface area contributed by atoms with Crippen molar-refractivity contribution in [3.8, 4) is 11.1 Å². The number of hydrogen-bond donors (Lipinski definition) is 2. The number of halogens is 4. The van der Waals surface area contributed by atoms with Gasteiger partial charge in [-0.3, -0.25) is 14.7 Å². The Labute approximate surface area is 229 Å². The van der Waals surface area contributed by atoms with E-state index in [0.717, 1.165) is 30.7 Å². The smallest absolute Gasteiger partial charge is 0.258 e. The van der Waals surface area contributed by atoms with Crippen LogP contribution in [0.1, 0.15) is 29.3 Å². The number of morpholine rings is 1. The molecule has 40 heavy (non-hydrogen) atoms. The molecular weight excluding hydrogens is 526 g/mol. The fourth-order valence-electron chi connectivity index (χ4n) is 5.48. The standard InChI is InChI=1S/C29H31F4N5O2/c1-17-10-19(34)16-38(14-17)25-4-5-35-13-24(25)36-29(39)20-2-3-21(30)27(28(20)33)26-22(31)11-18(12-23(26)32)15-37-6-8-40-9-7-37/h2-5,11-13,17,19H,6-10,14-16,34H2,1H3,(H,36,39)/t17-,19+/m1/s1. The minimum absolute atomic E-state index is 0.0531. The van der Waals surface area contributed by atoms with Gasteiger partial charge in [-0.05, 0) is 48.2 Å². The number of pyridine rings is 1. The lowest BCUT2D eigenvalue weighted by Crippen LogP contribution is -2.46. The highest BCUT2D eigenvalue weighted by Gasteiger charge is 2.28. The van der Waals surface area contributed by atoms with E-state index in [0.29, 0.717) is 62.2 Å². The first-order chi connectivity index (χ1) is 19.2. The van der Waals surface area contributed by atoms with Crippen molar-refractivity contribution in [2.45, 2.75) is 25.9 Å². The molecule has 2 fully saturated rings. The monoisotopic (exact) mass is 557 g/mol. The summed E-state index contributed by atoms with van der Waals surface area (Å²) in [4.78, 5) is 21.2. The van der Waals surface area contributed by atoms with Crippen molar-refractivity contribution >= 4 is 17.3 Å². The number of benzene rings is 2. The van der Waals surface area contributed by atoms with Gasteiger partial charge in [-0.15, -0.1) is 0 Å². The van der Waals surface area contributed by atoms with Gasteiger partial charge in [-0.25, -0.2) is 17.6 Å². The molecule has 0 unspecified atom stereocenters. The first-order valence-corrected chi connectivity index (χ1v) is 13.2. The molecule has 11 heteroatoms. The quantitative estimate of drug-likeness (QED) is 0.433. The topological polar surface area (TPSA) is 83.7 Å². The Kier molecular flexibility index (Phi) is 8.34. The van der Waals surface area contributed by atoms with Gasteiger partial charge in [0.25, 0.3) is 5.91 Å². The van der Waals surface area contributed by atoms with E-state index in [2.05, 4.69) is 17.2 Å². The molecule has 2 aliphatic heterocycles. The molecule has 0 aliphatic carbocycles. The van der Waals surface area contributed by atoms with Crippen LogP contribution in [-0.2, 0) is 11.3 Å². The van der Waals surface area contributed by atoms with Crippen LogP contribution < -0.4 is 16.0 Å². The molecule has 5 rings (SSSR count). The maximum absolute atomic E-state index is 15.7. The number of rotatable bonds is 6. The van der Waals surface area contributed by atoms with E-state index in [9.17, 15) is 9.18 Å². The Morgan fingerprint density at radius 1 is 1.05 bits per heavy atom. The van der Waals surface area contributed by atoms with Gasteiger partial charge in [0.1, 0.15) is 23.3 Å². The van der Waals surface area contributed by atoms with E-state index in [4.69, 9.17) is 10.5 Å². The number of nitrogens with zero attached hydrogens (tertiary/aromatic N) is 3. The summed E-state index contributed by atoms with van der Waals surface area (Å²) in [5, 5.41) is 2.63. The van der Waals surface area contributed by atoms with Crippen LogP contribution in [0.5, 0.6) is 0 Å². The normalized spacial score (nSPS) is 20.0. The highest BCUT2D eigenvalue weighted by Crippen LogP contribution is 2.35. The van der Waals surface area contributed by atoms with Crippen LogP contribution in [0.25, 0.3) is 11.1 Å². The van der Waals surface area contributed by atoms with E-state index >= 15 is 13.2 Å². The van der Waals surface area contributed by atoms with Gasteiger partial charge in [0.05, 0.1) is 47.5 Å². The number of nitrogens with one attached hydrogen (secondary N) is 1. The van der Waals surface area contributed by atoms with E-state index in [1.165, 1.54) is 6.20 Å². The van der Waals surface area contributed by atoms with Gasteiger partial charge < -0.3 is 20.7 Å². The van der Waals surface area contributed by atoms with Crippen LogP contribution in [0, 0.1) is 29.2 Å². The molecule has 2 saturated heterocycles. The van der Waals surface area contributed by atoms with Gasteiger partial charge in [-0.2, -0.15) is 0 Å². The van der Waals surface area contributed by atoms with E-state index < -0.39 is 45.9 Å². The third-order valence-corrected chi connectivity index (χ3v) is 7.28. The number of ether oxygens (including phenoxy) is 1. The number of carbonyl (C=O) groups excluding carboxylic acids is 1. The van der Waals surface area contributed by atoms with E-state index in [1.807, 2.05) is 9.80 Å². The van der Waals surface area contributed by atoms with Crippen LogP contribution >= 0.6 is 0 Å². The first kappa shape index (κ1) is 28.0. The molecule has 7 nitrogen and oxygen atoms in total. The molecular formula is C29H31F4N5O2. The largest absolute Gasteiger partial charge is 0.379 e. The Morgan fingerprint density at radius 2 is 1.77 bits per heavy atom. The highest BCUT2D eigenvalue weighted by molar-refractivity contribution is 6.06. The number of carbonyl (C=O) groups is 1. The van der Waals surface area contributed by atoms with Crippen molar-refractivity contribution in [2.75, 3.05) is 49.6 Å². The SMILES string of the molecule is C[C@@H]1C[C@H](N)CN(c2ccncc2NC(=O)c2ccc(F)c(-c3c(F)cc(CN4CCOCC4)cc3F)c2F)C1. The minimum atomic E-state index is -1.37. The Balaban J connectivity index is 1.43. The van der Waals surface area contributed by atoms with Gasteiger partial charge in [0.15, 0.2) is 0 Å². The molecule has 1 amide bonds. The summed E-state index contributed by atoms with van der Waals surface area (Å²) < 4.78 is 66.2. The fourth-order valence-corrected chi connectivity index (χ4v) is 5.48. The molecule has 3 N–H and O–H groups in total. The van der Waals surface area contributed by atoms with Crippen molar-refractivity contribution in [3.05, 3.63) is 77.1 Å². The molecule has 0 saturated carbocycles. The van der Waals surface area contributed by atoms with E-state index in [1.54, 1.807) is 12.3 Å². The lowest BCUT2D eigenvalue weighted by Gasteiger charge is -2.37. The molecule has 3 aromatic rings. The summed E-state index contributed by atoms with van der Waals surface area (Å²) in [6, 6.07) is 5.56. The molecule has 3 heterocycles. The number of aromatic nitrogens is 1. The first-order valence-electron chi connectivity index (χ1n) is 13.2. The van der Waals surface area contributed by atoms with Crippen molar-refractivity contribution in [1.29, 1.82) is 0 Å². The summed E-state index contributed by atoms with van der Waals surface area (Å²) >= 11 is 0. The lowest BCUT2D eigenvalue weighted by atomic mass is 9.96. The van der Waals surface area contributed by atoms with Gasteiger partial charge in [0.2, 0.25) is 0 Å². The molecule has 2 aliphatic rings. The summed E-state index contributed by atoms with van der Waals surface area (Å²) in [7, 11) is 0. The number of amides is 1. The number of piperidine rings is 1. The fraction of sp³-hybridized carbons (Fsp3) is 0.379. The van der Waals surface area contributed by atoms with Crippen molar-refractivity contribution in [2.24, 2.45) is 11.7 Å². The maximum Gasteiger partial charge on any atom is 0.258 e. The van der Waals surface area contributed by atoms with Crippen LogP contribution in [0.3, 0.4) is 0 Å². The second kappa shape index (κ2) is 11.9. The van der Waals surface area contributed by atoms with Gasteiger partial charge >= 0.3 is 0 Å². The average molecular weight is 558 g/mol. The summed E-state index contributed by atoms with van der Waals surface area (Å²) in [5.41, 5.74) is 5.10. The summed E-state index contributed by atoms with van der Waals surface area (Å²) in [6.45, 7) is 5.84. The third-order valence-electron chi connectivity index (χ3n) is 7.28. The van der Waals surface area contributed by atoms with Crippen molar-refractivity contribution < 1.29 is 27.1 Å². The van der Waals surface area contributed by atoms with E-state index in [-0.39, 0.29) is 12.6 Å². The van der Waals surface area contributed by atoms with Crippen molar-refractivity contribution in [3.63, 3.8) is 0 Å². The molecule has 1 aromatic heterocycles. The average Bonchev–Trinajstić information content (AvgIpc) is 2.90. The molecule has 212 valence electrons. The summed E-state index contributed by atoms with van der Waals surface area (Å²) in [5.74, 6) is -5.39. The number of hydrogen-bond acceptors (Lipinski definition) is 6. The predicted molar refractivity (Wildman–Crippen MR) is 144 cm³/mol. The molecule has 0 radical (unpaired) electrons. The van der Waals surface area contributed by atoms with Gasteiger partial charge in [-0.1, -0.05) is 6.92 Å². The Morgan fingerprint density at radius 3 is 2.48 bits per heavy atom. The minimum Gasteiger partial charge on any atom is -0.379 e. The van der Waals surface area contributed by atoms with Crippen LogP contribution in [-0.4, -0.2) is 61.2 Å². The lowest BCUT2D eigenvalue weighted by molar-refractivity contribution is 0.0341. The Hall–Kier alpha value is -3.54. The highest BCUT2D eigenvalue weighted by atomic mass is 19.1. The molecule has 2 atom stereocenters. The Bertz CT molecular complexity index is 1370. The zero-order chi connectivity index (χ0) is 28.4. The zero-order valence-corrected chi connectivity index (χ0v) is 22.1. The molecule has 0 bridgehead atoms. The van der Waals surface area contributed by atoms with Crippen molar-refractivity contribution in [1.82, 2.24) is 9.88 Å². The molecule has 2 aromatic carbocycles. The number of anilines is 2. The predicted octanol–water partition coefficient (Wildman–Crippen LogP) is 4.56. The van der Waals surface area contributed by atoms with Gasteiger partial charge in [0, 0.05) is 45.0 Å². The van der Waals surface area contributed by atoms with Crippen LogP contribution in [0.15, 0.2) is 42.7 Å². The zero-order valence-electron chi connectivity index (χ0n) is 22.1. The third kappa shape index (κ3) is 5.96. The summed E-state index contributed by atoms with van der Waals surface area (Å²) in [6.07, 6.45) is 3.86. The second-order valence-electron chi connectivity index (χ2n) is 10.5. The maximum atomic E-state index is 15.7. The van der Waals surface area contributed by atoms with Crippen LogP contribution in [0.4, 0.5) is 28.9 Å².